The Morgan fingerprint density at radius 1 is 1.47 bits per heavy atom. The Morgan fingerprint density at radius 3 is 2.60 bits per heavy atom. The summed E-state index contributed by atoms with van der Waals surface area (Å²) in [4.78, 5) is 18.6. The lowest BCUT2D eigenvalue weighted by Crippen LogP contribution is -2.42. The van der Waals surface area contributed by atoms with Crippen molar-refractivity contribution in [2.45, 2.75) is 24.5 Å². The Hall–Kier alpha value is -0.670. The van der Waals surface area contributed by atoms with Crippen molar-refractivity contribution in [2.75, 3.05) is 0 Å². The lowest BCUT2D eigenvalue weighted by molar-refractivity contribution is 0.314. The zero-order valence-electron chi connectivity index (χ0n) is 8.42. The highest BCUT2D eigenvalue weighted by Crippen LogP contribution is 2.59. The lowest BCUT2D eigenvalue weighted by atomic mass is 10.0. The fourth-order valence-electron chi connectivity index (χ4n) is 2.20. The van der Waals surface area contributed by atoms with Crippen molar-refractivity contribution in [3.05, 3.63) is 35.4 Å². The highest BCUT2D eigenvalue weighted by Gasteiger charge is 2.52. The summed E-state index contributed by atoms with van der Waals surface area (Å²) < 4.78 is 11.4. The van der Waals surface area contributed by atoms with Crippen LogP contribution in [0, 0.1) is 0 Å². The molecular weight excluding hydrogens is 213 g/mol. The molecule has 0 heterocycles. The van der Waals surface area contributed by atoms with Gasteiger partial charge in [0.15, 0.2) is 0 Å². The number of hydrogen-bond donors (Lipinski definition) is 3. The van der Waals surface area contributed by atoms with Crippen molar-refractivity contribution < 1.29 is 14.4 Å². The van der Waals surface area contributed by atoms with E-state index in [0.717, 1.165) is 11.1 Å². The van der Waals surface area contributed by atoms with E-state index in [-0.39, 0.29) is 12.3 Å². The molecule has 0 bridgehead atoms. The fraction of sp³-hybridized carbons (Fsp3) is 0.400. The quantitative estimate of drug-likeness (QED) is 0.629. The molecule has 0 amide bonds. The van der Waals surface area contributed by atoms with Crippen molar-refractivity contribution in [2.24, 2.45) is 5.73 Å². The van der Waals surface area contributed by atoms with E-state index in [1.807, 2.05) is 24.3 Å². The Kier molecular flexibility index (Phi) is 2.28. The monoisotopic (exact) mass is 227 g/mol. The molecule has 0 aliphatic heterocycles. The molecule has 0 aromatic heterocycles. The van der Waals surface area contributed by atoms with Gasteiger partial charge in [0.1, 0.15) is 5.28 Å². The van der Waals surface area contributed by atoms with Crippen LogP contribution in [0.4, 0.5) is 0 Å². The highest BCUT2D eigenvalue weighted by molar-refractivity contribution is 7.53. The largest absolute Gasteiger partial charge is 0.346 e. The van der Waals surface area contributed by atoms with Crippen LogP contribution in [0.2, 0.25) is 0 Å². The zero-order chi connectivity index (χ0) is 11.3. The summed E-state index contributed by atoms with van der Waals surface area (Å²) in [5, 5.41) is -1.43. The normalized spacial score (nSPS) is 30.3. The lowest BCUT2D eigenvalue weighted by Gasteiger charge is -2.29. The molecule has 15 heavy (non-hydrogen) atoms. The molecule has 4 N–H and O–H groups in total. The highest BCUT2D eigenvalue weighted by atomic mass is 31.2. The summed E-state index contributed by atoms with van der Waals surface area (Å²) in [6.45, 7) is 1.77. The van der Waals surface area contributed by atoms with E-state index in [1.54, 1.807) is 6.92 Å². The second-order valence-corrected chi connectivity index (χ2v) is 6.05. The Balaban J connectivity index is 2.51. The molecule has 4 nitrogen and oxygen atoms in total. The van der Waals surface area contributed by atoms with E-state index >= 15 is 0 Å². The number of nitrogens with two attached hydrogens (primary N) is 1. The number of hydrogen-bond acceptors (Lipinski definition) is 2. The third-order valence-electron chi connectivity index (χ3n) is 3.29. The van der Waals surface area contributed by atoms with Crippen LogP contribution in [0.25, 0.3) is 0 Å². The first kappa shape index (κ1) is 10.8. The van der Waals surface area contributed by atoms with Crippen LogP contribution < -0.4 is 5.73 Å². The van der Waals surface area contributed by atoms with Gasteiger partial charge in [0.25, 0.3) is 0 Å². The van der Waals surface area contributed by atoms with E-state index in [1.165, 1.54) is 0 Å². The molecule has 1 aliphatic carbocycles. The molecule has 0 fully saturated rings. The Bertz CT molecular complexity index is 442. The predicted molar refractivity (Wildman–Crippen MR) is 57.5 cm³/mol. The van der Waals surface area contributed by atoms with Gasteiger partial charge in [-0.15, -0.1) is 0 Å². The molecule has 1 aromatic carbocycles. The van der Waals surface area contributed by atoms with Crippen molar-refractivity contribution in [3.8, 4) is 0 Å². The number of rotatable bonds is 1. The van der Waals surface area contributed by atoms with Gasteiger partial charge in [0, 0.05) is 12.3 Å². The van der Waals surface area contributed by atoms with Gasteiger partial charge in [-0.05, 0) is 11.1 Å². The molecule has 0 spiro atoms. The van der Waals surface area contributed by atoms with Gasteiger partial charge in [-0.3, -0.25) is 4.57 Å². The van der Waals surface area contributed by atoms with Crippen molar-refractivity contribution in [1.29, 1.82) is 0 Å². The Labute approximate surface area is 88.3 Å². The molecule has 0 radical (unpaired) electrons. The van der Waals surface area contributed by atoms with E-state index in [4.69, 9.17) is 5.73 Å². The van der Waals surface area contributed by atoms with Crippen LogP contribution in [0.3, 0.4) is 0 Å². The molecule has 0 saturated carbocycles. The van der Waals surface area contributed by atoms with Crippen LogP contribution in [0.15, 0.2) is 24.3 Å². The maximum atomic E-state index is 11.4. The molecule has 1 aromatic rings. The topological polar surface area (TPSA) is 83.6 Å². The van der Waals surface area contributed by atoms with Gasteiger partial charge in [-0.1, -0.05) is 31.2 Å². The third kappa shape index (κ3) is 1.45. The van der Waals surface area contributed by atoms with E-state index in [2.05, 4.69) is 0 Å². The average molecular weight is 227 g/mol. The zero-order valence-corrected chi connectivity index (χ0v) is 9.32. The van der Waals surface area contributed by atoms with Gasteiger partial charge in [-0.2, -0.15) is 0 Å². The molecule has 2 atom stereocenters. The molecule has 82 valence electrons. The molecule has 1 aliphatic rings. The van der Waals surface area contributed by atoms with Crippen LogP contribution in [-0.2, 0) is 11.0 Å². The molecular formula is C10H14NO3P. The van der Waals surface area contributed by atoms with E-state index in [0.29, 0.717) is 0 Å². The van der Waals surface area contributed by atoms with E-state index < -0.39 is 12.9 Å². The standard InChI is InChI=1S/C10H14NO3P/c1-7-9-5-3-2-4-8(9)6-10(7,11)15(12,13)14/h2-5,7H,6,11H2,1H3,(H2,12,13,14). The van der Waals surface area contributed by atoms with Gasteiger partial charge < -0.3 is 15.5 Å². The number of fused-ring (bicyclic) bond motifs is 1. The minimum atomic E-state index is -4.29. The summed E-state index contributed by atoms with van der Waals surface area (Å²) in [7, 11) is -4.29. The first-order chi connectivity index (χ1) is 6.86. The van der Waals surface area contributed by atoms with Crippen molar-refractivity contribution in [3.63, 3.8) is 0 Å². The second kappa shape index (κ2) is 3.16. The van der Waals surface area contributed by atoms with Gasteiger partial charge >= 0.3 is 7.60 Å². The van der Waals surface area contributed by atoms with Crippen molar-refractivity contribution >= 4 is 7.60 Å². The molecule has 0 saturated heterocycles. The first-order valence-electron chi connectivity index (χ1n) is 4.78. The predicted octanol–water partition coefficient (Wildman–Crippen LogP) is 1.18. The van der Waals surface area contributed by atoms with Crippen LogP contribution in [0.1, 0.15) is 24.0 Å². The Morgan fingerprint density at radius 2 is 2.07 bits per heavy atom. The molecule has 5 heteroatoms. The summed E-state index contributed by atoms with van der Waals surface area (Å²) in [6, 6.07) is 7.47. The fourth-order valence-corrected chi connectivity index (χ4v) is 3.22. The minimum Gasteiger partial charge on any atom is -0.323 e. The maximum Gasteiger partial charge on any atom is 0.346 e. The van der Waals surface area contributed by atoms with Gasteiger partial charge in [0.05, 0.1) is 0 Å². The van der Waals surface area contributed by atoms with Crippen molar-refractivity contribution in [1.82, 2.24) is 0 Å². The van der Waals surface area contributed by atoms with Crippen LogP contribution >= 0.6 is 7.60 Å². The smallest absolute Gasteiger partial charge is 0.323 e. The van der Waals surface area contributed by atoms with Crippen LogP contribution in [-0.4, -0.2) is 15.1 Å². The van der Waals surface area contributed by atoms with Gasteiger partial charge in [-0.25, -0.2) is 0 Å². The summed E-state index contributed by atoms with van der Waals surface area (Å²) in [5.41, 5.74) is 7.75. The summed E-state index contributed by atoms with van der Waals surface area (Å²) in [6.07, 6.45) is 0.245. The van der Waals surface area contributed by atoms with Gasteiger partial charge in [0.2, 0.25) is 0 Å². The molecule has 2 unspecified atom stereocenters. The first-order valence-corrected chi connectivity index (χ1v) is 6.40. The molecule has 2 rings (SSSR count). The summed E-state index contributed by atoms with van der Waals surface area (Å²) >= 11 is 0. The third-order valence-corrected chi connectivity index (χ3v) is 4.92. The minimum absolute atomic E-state index is 0.245. The summed E-state index contributed by atoms with van der Waals surface area (Å²) in [5.74, 6) is -0.311. The number of benzene rings is 1. The average Bonchev–Trinajstić information content (AvgIpc) is 2.40. The maximum absolute atomic E-state index is 11.4. The van der Waals surface area contributed by atoms with Crippen LogP contribution in [0.5, 0.6) is 0 Å². The second-order valence-electron chi connectivity index (χ2n) is 4.13. The van der Waals surface area contributed by atoms with E-state index in [9.17, 15) is 14.4 Å². The SMILES string of the molecule is CC1c2ccccc2CC1(N)P(=O)(O)O.